The molecule has 0 aliphatic carbocycles. The highest BCUT2D eigenvalue weighted by Gasteiger charge is 2.14. The number of hydrogen-bond acceptors (Lipinski definition) is 3. The topological polar surface area (TPSA) is 12.9 Å². The van der Waals surface area contributed by atoms with E-state index in [1.165, 1.54) is 14.6 Å². The number of halogens is 1. The smallest absolute Gasteiger partial charge is 0.184 e. The lowest BCUT2D eigenvalue weighted by Gasteiger charge is -2.02. The van der Waals surface area contributed by atoms with Gasteiger partial charge in [0.05, 0.1) is 10.6 Å². The quantitative estimate of drug-likeness (QED) is 0.763. The van der Waals surface area contributed by atoms with Crippen LogP contribution in [0.15, 0.2) is 12.1 Å². The van der Waals surface area contributed by atoms with Crippen LogP contribution in [0.25, 0.3) is 10.6 Å². The van der Waals surface area contributed by atoms with E-state index in [1.54, 1.807) is 22.7 Å². The largest absolute Gasteiger partial charge is 0.224 e. The molecule has 0 N–H and O–H groups in total. The van der Waals surface area contributed by atoms with Crippen molar-refractivity contribution in [3.05, 3.63) is 26.4 Å². The molecule has 0 fully saturated rings. The SMILES string of the molecule is Cc1ccc(-c2nc(Cl)sc2CC(C)C)s1. The molecule has 0 saturated heterocycles. The van der Waals surface area contributed by atoms with E-state index in [9.17, 15) is 0 Å². The number of aromatic nitrogens is 1. The summed E-state index contributed by atoms with van der Waals surface area (Å²) in [5.74, 6) is 0.635. The number of hydrogen-bond donors (Lipinski definition) is 0. The summed E-state index contributed by atoms with van der Waals surface area (Å²) in [5, 5.41) is 0. The van der Waals surface area contributed by atoms with Gasteiger partial charge in [-0.2, -0.15) is 0 Å². The van der Waals surface area contributed by atoms with Crippen LogP contribution >= 0.6 is 34.3 Å². The third-order valence-electron chi connectivity index (χ3n) is 2.24. The lowest BCUT2D eigenvalue weighted by Crippen LogP contribution is -1.92. The molecular formula is C12H14ClNS2. The summed E-state index contributed by atoms with van der Waals surface area (Å²) in [5.41, 5.74) is 1.09. The zero-order chi connectivity index (χ0) is 11.7. The Labute approximate surface area is 109 Å². The number of aryl methyl sites for hydroxylation is 1. The second-order valence-electron chi connectivity index (χ2n) is 4.25. The van der Waals surface area contributed by atoms with E-state index in [2.05, 4.69) is 37.9 Å². The minimum atomic E-state index is 0.635. The molecule has 1 nitrogen and oxygen atoms in total. The molecule has 0 aliphatic rings. The molecule has 0 amide bonds. The Balaban J connectivity index is 2.39. The number of thiophene rings is 1. The molecule has 0 bridgehead atoms. The maximum Gasteiger partial charge on any atom is 0.184 e. The van der Waals surface area contributed by atoms with Crippen molar-refractivity contribution in [3.63, 3.8) is 0 Å². The third kappa shape index (κ3) is 2.65. The van der Waals surface area contributed by atoms with Crippen molar-refractivity contribution < 1.29 is 0 Å². The monoisotopic (exact) mass is 271 g/mol. The molecule has 0 atom stereocenters. The number of nitrogens with zero attached hydrogens (tertiary/aromatic N) is 1. The first-order valence-corrected chi connectivity index (χ1v) is 7.29. The summed E-state index contributed by atoms with van der Waals surface area (Å²) in [4.78, 5) is 8.30. The van der Waals surface area contributed by atoms with Crippen molar-refractivity contribution in [2.75, 3.05) is 0 Å². The molecule has 0 aliphatic heterocycles. The first-order valence-electron chi connectivity index (χ1n) is 5.28. The van der Waals surface area contributed by atoms with Crippen LogP contribution in [0.4, 0.5) is 0 Å². The molecule has 2 aromatic heterocycles. The lowest BCUT2D eigenvalue weighted by atomic mass is 10.1. The zero-order valence-corrected chi connectivity index (χ0v) is 12.0. The Morgan fingerprint density at radius 1 is 1.31 bits per heavy atom. The zero-order valence-electron chi connectivity index (χ0n) is 9.58. The maximum absolute atomic E-state index is 6.02. The average Bonchev–Trinajstić information content (AvgIpc) is 2.72. The van der Waals surface area contributed by atoms with Gasteiger partial charge in [0, 0.05) is 9.75 Å². The van der Waals surface area contributed by atoms with Gasteiger partial charge < -0.3 is 0 Å². The third-order valence-corrected chi connectivity index (χ3v) is 4.43. The fourth-order valence-electron chi connectivity index (χ4n) is 1.59. The van der Waals surface area contributed by atoms with Gasteiger partial charge in [0.1, 0.15) is 0 Å². The summed E-state index contributed by atoms with van der Waals surface area (Å²) in [6, 6.07) is 4.27. The van der Waals surface area contributed by atoms with Crippen LogP contribution in [0.3, 0.4) is 0 Å². The highest BCUT2D eigenvalue weighted by Crippen LogP contribution is 2.35. The van der Waals surface area contributed by atoms with E-state index >= 15 is 0 Å². The molecule has 2 rings (SSSR count). The molecule has 0 aromatic carbocycles. The number of rotatable bonds is 3. The minimum Gasteiger partial charge on any atom is -0.224 e. The molecule has 86 valence electrons. The summed E-state index contributed by atoms with van der Waals surface area (Å²) >= 11 is 9.41. The molecule has 2 heterocycles. The lowest BCUT2D eigenvalue weighted by molar-refractivity contribution is 0.654. The molecule has 0 saturated carbocycles. The maximum atomic E-state index is 6.02. The van der Waals surface area contributed by atoms with E-state index in [0.29, 0.717) is 10.4 Å². The Hall–Kier alpha value is -0.380. The van der Waals surface area contributed by atoms with Gasteiger partial charge in [-0.3, -0.25) is 0 Å². The van der Waals surface area contributed by atoms with Gasteiger partial charge in [-0.05, 0) is 31.4 Å². The molecule has 0 spiro atoms. The van der Waals surface area contributed by atoms with E-state index in [1.807, 2.05) is 0 Å². The standard InChI is InChI=1S/C12H14ClNS2/c1-7(2)6-10-11(14-12(13)16-10)9-5-4-8(3)15-9/h4-5,7H,6H2,1-3H3. The summed E-state index contributed by atoms with van der Waals surface area (Å²) in [7, 11) is 0. The van der Waals surface area contributed by atoms with Crippen LogP contribution in [0, 0.1) is 12.8 Å². The summed E-state index contributed by atoms with van der Waals surface area (Å²) in [6.45, 7) is 6.55. The summed E-state index contributed by atoms with van der Waals surface area (Å²) in [6.07, 6.45) is 1.05. The van der Waals surface area contributed by atoms with Gasteiger partial charge in [-0.25, -0.2) is 4.98 Å². The normalized spacial score (nSPS) is 11.3. The predicted octanol–water partition coefficient (Wildman–Crippen LogP) is 5.03. The van der Waals surface area contributed by atoms with Crippen LogP contribution in [0.2, 0.25) is 4.47 Å². The van der Waals surface area contributed by atoms with Crippen LogP contribution in [0.1, 0.15) is 23.6 Å². The molecule has 0 radical (unpaired) electrons. The van der Waals surface area contributed by atoms with Gasteiger partial charge in [0.25, 0.3) is 0 Å². The van der Waals surface area contributed by atoms with Gasteiger partial charge >= 0.3 is 0 Å². The van der Waals surface area contributed by atoms with Gasteiger partial charge in [0.2, 0.25) is 0 Å². The first kappa shape index (κ1) is 12.1. The van der Waals surface area contributed by atoms with E-state index in [0.717, 1.165) is 12.1 Å². The van der Waals surface area contributed by atoms with Crippen molar-refractivity contribution >= 4 is 34.3 Å². The highest BCUT2D eigenvalue weighted by atomic mass is 35.5. The van der Waals surface area contributed by atoms with Crippen molar-refractivity contribution in [1.29, 1.82) is 0 Å². The second-order valence-corrected chi connectivity index (χ2v) is 7.20. The van der Waals surface area contributed by atoms with Crippen LogP contribution < -0.4 is 0 Å². The average molecular weight is 272 g/mol. The van der Waals surface area contributed by atoms with Crippen molar-refractivity contribution in [2.45, 2.75) is 27.2 Å². The van der Waals surface area contributed by atoms with Crippen molar-refractivity contribution in [1.82, 2.24) is 4.98 Å². The minimum absolute atomic E-state index is 0.635. The Kier molecular flexibility index (Phi) is 3.67. The molecule has 16 heavy (non-hydrogen) atoms. The first-order chi connectivity index (χ1) is 7.56. The Morgan fingerprint density at radius 3 is 2.62 bits per heavy atom. The van der Waals surface area contributed by atoms with Crippen molar-refractivity contribution in [3.8, 4) is 10.6 Å². The Morgan fingerprint density at radius 2 is 2.06 bits per heavy atom. The molecule has 4 heteroatoms. The second kappa shape index (κ2) is 4.86. The Bertz CT molecular complexity index is 485. The van der Waals surface area contributed by atoms with Crippen LogP contribution in [-0.2, 0) is 6.42 Å². The molecule has 0 unspecified atom stereocenters. The number of thiazole rings is 1. The molecule has 2 aromatic rings. The van der Waals surface area contributed by atoms with Crippen LogP contribution in [0.5, 0.6) is 0 Å². The van der Waals surface area contributed by atoms with Crippen molar-refractivity contribution in [2.24, 2.45) is 5.92 Å². The highest BCUT2D eigenvalue weighted by molar-refractivity contribution is 7.18. The summed E-state index contributed by atoms with van der Waals surface area (Å²) < 4.78 is 0.650. The van der Waals surface area contributed by atoms with E-state index in [4.69, 9.17) is 11.6 Å². The molecular weight excluding hydrogens is 258 g/mol. The van der Waals surface area contributed by atoms with Gasteiger partial charge in [-0.15, -0.1) is 22.7 Å². The van der Waals surface area contributed by atoms with Crippen LogP contribution in [-0.4, -0.2) is 4.98 Å². The van der Waals surface area contributed by atoms with E-state index < -0.39 is 0 Å². The predicted molar refractivity (Wildman–Crippen MR) is 73.7 cm³/mol. The van der Waals surface area contributed by atoms with Gasteiger partial charge in [0.15, 0.2) is 4.47 Å². The van der Waals surface area contributed by atoms with E-state index in [-0.39, 0.29) is 0 Å². The fourth-order valence-corrected chi connectivity index (χ4v) is 3.91. The van der Waals surface area contributed by atoms with Gasteiger partial charge in [-0.1, -0.05) is 25.4 Å². The fraction of sp³-hybridized carbons (Fsp3) is 0.417.